The first-order valence-electron chi connectivity index (χ1n) is 9.55. The number of rotatable bonds is 8. The Kier molecular flexibility index (Phi) is 9.01. The smallest absolute Gasteiger partial charge is 0.242 e. The molecule has 0 saturated heterocycles. The maximum absolute atomic E-state index is 12.2. The summed E-state index contributed by atoms with van der Waals surface area (Å²) in [4.78, 5) is 5.89. The number of sulfonamides is 1. The quantitative estimate of drug-likeness (QED) is 0.294. The van der Waals surface area contributed by atoms with Crippen molar-refractivity contribution in [1.29, 1.82) is 0 Å². The molecule has 6 nitrogen and oxygen atoms in total. The van der Waals surface area contributed by atoms with E-state index in [9.17, 15) is 8.42 Å². The molecule has 9 heteroatoms. The number of thioether (sulfide) groups is 1. The molecule has 1 aliphatic rings. The van der Waals surface area contributed by atoms with Crippen LogP contribution in [-0.2, 0) is 16.6 Å². The molecular weight excluding hydrogens is 531 g/mol. The summed E-state index contributed by atoms with van der Waals surface area (Å²) in [5.41, 5.74) is 0.991. The molecule has 2 aromatic carbocycles. The lowest BCUT2D eigenvalue weighted by atomic mass is 10.2. The minimum Gasteiger partial charge on any atom is -0.355 e. The first kappa shape index (κ1) is 25.0. The zero-order valence-electron chi connectivity index (χ0n) is 17.5. The maximum Gasteiger partial charge on any atom is 0.242 e. The lowest BCUT2D eigenvalue weighted by molar-refractivity contribution is 0.520. The monoisotopic (exact) mass is 560 g/mol. The van der Waals surface area contributed by atoms with Gasteiger partial charge in [-0.15, -0.1) is 35.7 Å². The van der Waals surface area contributed by atoms with E-state index < -0.39 is 10.0 Å². The molecule has 1 saturated carbocycles. The van der Waals surface area contributed by atoms with Crippen LogP contribution in [0.1, 0.15) is 18.4 Å². The summed E-state index contributed by atoms with van der Waals surface area (Å²) in [5, 5.41) is 6.73. The summed E-state index contributed by atoms with van der Waals surface area (Å²) < 4.78 is 25.8. The second kappa shape index (κ2) is 10.8. The summed E-state index contributed by atoms with van der Waals surface area (Å²) in [7, 11) is 1.42. The van der Waals surface area contributed by atoms with E-state index in [-0.39, 0.29) is 28.7 Å². The first-order valence-corrected chi connectivity index (χ1v) is 11.8. The number of halogens is 1. The van der Waals surface area contributed by atoms with Crippen molar-refractivity contribution in [1.82, 2.24) is 14.9 Å². The number of benzene rings is 2. The predicted octanol–water partition coefficient (Wildman–Crippen LogP) is 3.54. The molecule has 0 radical (unpaired) electrons. The molecule has 164 valence electrons. The molecule has 30 heavy (non-hydrogen) atoms. The fourth-order valence-corrected chi connectivity index (χ4v) is 4.98. The van der Waals surface area contributed by atoms with E-state index in [0.29, 0.717) is 11.4 Å². The Labute approximate surface area is 201 Å². The summed E-state index contributed by atoms with van der Waals surface area (Å²) in [6.07, 6.45) is 2.39. The third-order valence-corrected chi connectivity index (χ3v) is 8.17. The predicted molar refractivity (Wildman–Crippen MR) is 135 cm³/mol. The standard InChI is InChI=1S/C21H28N4O2S2.HI/c1-22-20(24-16-21(13-14-21)28-18-7-5-4-6-8-18)23-15-17-9-11-19(12-10-17)29(26,27)25(2)3;/h4-12H,13-16H2,1-3H3,(H2,22,23,24);1H. The number of aliphatic imine (C=N–C) groups is 1. The lowest BCUT2D eigenvalue weighted by Gasteiger charge is -2.18. The second-order valence-corrected chi connectivity index (χ2v) is 11.0. The Morgan fingerprint density at radius 1 is 1.07 bits per heavy atom. The molecule has 3 rings (SSSR count). The minimum absolute atomic E-state index is 0. The molecule has 2 aromatic rings. The van der Waals surface area contributed by atoms with Crippen LogP contribution >= 0.6 is 35.7 Å². The molecule has 0 aliphatic heterocycles. The van der Waals surface area contributed by atoms with Gasteiger partial charge in [0.2, 0.25) is 10.0 Å². The molecule has 0 amide bonds. The van der Waals surface area contributed by atoms with Crippen LogP contribution in [0, 0.1) is 0 Å². The van der Waals surface area contributed by atoms with Gasteiger partial charge in [-0.05, 0) is 42.7 Å². The summed E-state index contributed by atoms with van der Waals surface area (Å²) >= 11 is 1.92. The molecule has 1 fully saturated rings. The zero-order chi connectivity index (χ0) is 20.9. The van der Waals surface area contributed by atoms with Crippen molar-refractivity contribution in [2.75, 3.05) is 27.7 Å². The molecule has 0 atom stereocenters. The Morgan fingerprint density at radius 3 is 2.23 bits per heavy atom. The minimum atomic E-state index is -3.40. The van der Waals surface area contributed by atoms with Gasteiger partial charge in [0.05, 0.1) is 4.90 Å². The number of hydrogen-bond acceptors (Lipinski definition) is 4. The van der Waals surface area contributed by atoms with Gasteiger partial charge in [0.15, 0.2) is 5.96 Å². The van der Waals surface area contributed by atoms with Gasteiger partial charge < -0.3 is 10.6 Å². The van der Waals surface area contributed by atoms with Crippen molar-refractivity contribution in [3.63, 3.8) is 0 Å². The Hall–Kier alpha value is -1.30. The van der Waals surface area contributed by atoms with Crippen LogP contribution in [0.2, 0.25) is 0 Å². The van der Waals surface area contributed by atoms with E-state index in [0.717, 1.165) is 18.1 Å². The van der Waals surface area contributed by atoms with Crippen LogP contribution in [-0.4, -0.2) is 51.1 Å². The van der Waals surface area contributed by atoms with Crippen LogP contribution in [0.15, 0.2) is 69.4 Å². The van der Waals surface area contributed by atoms with Gasteiger partial charge >= 0.3 is 0 Å². The molecule has 1 aliphatic carbocycles. The second-order valence-electron chi connectivity index (χ2n) is 7.31. The number of nitrogens with one attached hydrogen (secondary N) is 2. The fraction of sp³-hybridized carbons (Fsp3) is 0.381. The number of hydrogen-bond donors (Lipinski definition) is 2. The third kappa shape index (κ3) is 6.60. The average molecular weight is 561 g/mol. The Bertz CT molecular complexity index is 945. The first-order chi connectivity index (χ1) is 13.8. The SMILES string of the molecule is CN=C(NCc1ccc(S(=O)(=O)N(C)C)cc1)NCC1(Sc2ccccc2)CC1.I. The summed E-state index contributed by atoms with van der Waals surface area (Å²) in [6.45, 7) is 1.42. The topological polar surface area (TPSA) is 73.8 Å². The van der Waals surface area contributed by atoms with E-state index in [1.54, 1.807) is 19.2 Å². The number of guanidine groups is 1. The van der Waals surface area contributed by atoms with Crippen LogP contribution < -0.4 is 10.6 Å². The highest BCUT2D eigenvalue weighted by Gasteiger charge is 2.43. The summed E-state index contributed by atoms with van der Waals surface area (Å²) in [5.74, 6) is 0.745. The molecular formula is C21H29IN4O2S2. The van der Waals surface area contributed by atoms with Gasteiger partial charge in [0, 0.05) is 43.9 Å². The number of nitrogens with zero attached hydrogens (tertiary/aromatic N) is 2. The molecule has 0 unspecified atom stereocenters. The van der Waals surface area contributed by atoms with Gasteiger partial charge in [-0.1, -0.05) is 30.3 Å². The van der Waals surface area contributed by atoms with Crippen LogP contribution in [0.25, 0.3) is 0 Å². The van der Waals surface area contributed by atoms with Crippen molar-refractivity contribution in [2.45, 2.75) is 33.9 Å². The molecule has 0 heterocycles. The highest BCUT2D eigenvalue weighted by Crippen LogP contribution is 2.51. The van der Waals surface area contributed by atoms with Gasteiger partial charge in [0.25, 0.3) is 0 Å². The van der Waals surface area contributed by atoms with E-state index in [1.165, 1.54) is 36.1 Å². The average Bonchev–Trinajstić information content (AvgIpc) is 3.48. The van der Waals surface area contributed by atoms with Gasteiger partial charge in [0.1, 0.15) is 0 Å². The summed E-state index contributed by atoms with van der Waals surface area (Å²) in [6, 6.07) is 17.4. The van der Waals surface area contributed by atoms with Gasteiger partial charge in [-0.25, -0.2) is 12.7 Å². The van der Waals surface area contributed by atoms with Gasteiger partial charge in [-0.3, -0.25) is 4.99 Å². The van der Waals surface area contributed by atoms with Crippen molar-refractivity contribution < 1.29 is 8.42 Å². The highest BCUT2D eigenvalue weighted by molar-refractivity contribution is 14.0. The highest BCUT2D eigenvalue weighted by atomic mass is 127. The molecule has 0 aromatic heterocycles. The molecule has 0 bridgehead atoms. The van der Waals surface area contributed by atoms with E-state index in [1.807, 2.05) is 30.0 Å². The molecule has 2 N–H and O–H groups in total. The Morgan fingerprint density at radius 2 is 1.70 bits per heavy atom. The van der Waals surface area contributed by atoms with E-state index in [2.05, 4.69) is 39.9 Å². The zero-order valence-corrected chi connectivity index (χ0v) is 21.4. The third-order valence-electron chi connectivity index (χ3n) is 4.85. The molecule has 0 spiro atoms. The fourth-order valence-electron chi connectivity index (χ4n) is 2.83. The van der Waals surface area contributed by atoms with E-state index in [4.69, 9.17) is 0 Å². The lowest BCUT2D eigenvalue weighted by Crippen LogP contribution is -2.40. The van der Waals surface area contributed by atoms with Crippen molar-refractivity contribution >= 4 is 51.7 Å². The Balaban J connectivity index is 0.00000320. The normalized spacial score (nSPS) is 15.4. The van der Waals surface area contributed by atoms with Crippen LogP contribution in [0.5, 0.6) is 0 Å². The van der Waals surface area contributed by atoms with Crippen LogP contribution in [0.3, 0.4) is 0 Å². The maximum atomic E-state index is 12.2. The van der Waals surface area contributed by atoms with Crippen LogP contribution in [0.4, 0.5) is 0 Å². The van der Waals surface area contributed by atoms with Gasteiger partial charge in [-0.2, -0.15) is 0 Å². The van der Waals surface area contributed by atoms with E-state index >= 15 is 0 Å². The van der Waals surface area contributed by atoms with Crippen molar-refractivity contribution in [2.24, 2.45) is 4.99 Å². The van der Waals surface area contributed by atoms with Crippen molar-refractivity contribution in [3.8, 4) is 0 Å². The van der Waals surface area contributed by atoms with Crippen molar-refractivity contribution in [3.05, 3.63) is 60.2 Å². The largest absolute Gasteiger partial charge is 0.355 e.